The summed E-state index contributed by atoms with van der Waals surface area (Å²) in [7, 11) is 1.56. The minimum Gasteiger partial charge on any atom is -0.493 e. The highest BCUT2D eigenvalue weighted by atomic mass is 16.5. The van der Waals surface area contributed by atoms with Gasteiger partial charge in [-0.05, 0) is 13.0 Å². The van der Waals surface area contributed by atoms with Crippen LogP contribution in [-0.4, -0.2) is 24.7 Å². The molecule has 0 amide bonds. The number of aromatic nitrogens is 1. The number of ether oxygens (including phenoxy) is 2. The van der Waals surface area contributed by atoms with Crippen LogP contribution in [0.3, 0.4) is 0 Å². The Hall–Kier alpha value is -1.33. The number of hydrogen-bond donors (Lipinski definition) is 2. The van der Waals surface area contributed by atoms with Gasteiger partial charge in [0.05, 0.1) is 37.9 Å². The lowest BCUT2D eigenvalue weighted by atomic mass is 10.3. The highest BCUT2D eigenvalue weighted by molar-refractivity contribution is 5.51. The Labute approximate surface area is 89.4 Å². The predicted molar refractivity (Wildman–Crippen MR) is 58.5 cm³/mol. The molecule has 0 bridgehead atoms. The number of nitrogens with two attached hydrogens (primary N) is 2. The number of nitrogen functional groups attached to an aromatic ring is 1. The Morgan fingerprint density at radius 2 is 2.27 bits per heavy atom. The summed E-state index contributed by atoms with van der Waals surface area (Å²) in [5.74, 6) is 0.575. The van der Waals surface area contributed by atoms with Crippen LogP contribution in [0.4, 0.5) is 5.69 Å². The van der Waals surface area contributed by atoms with E-state index >= 15 is 0 Å². The minimum absolute atomic E-state index is 0.0283. The fourth-order valence-corrected chi connectivity index (χ4v) is 1.10. The van der Waals surface area contributed by atoms with Crippen LogP contribution in [0.2, 0.25) is 0 Å². The molecule has 15 heavy (non-hydrogen) atoms. The van der Waals surface area contributed by atoms with Crippen LogP contribution in [0.5, 0.6) is 5.75 Å². The Bertz CT molecular complexity index is 316. The van der Waals surface area contributed by atoms with E-state index in [1.165, 1.54) is 0 Å². The van der Waals surface area contributed by atoms with Crippen molar-refractivity contribution in [3.05, 3.63) is 18.0 Å². The van der Waals surface area contributed by atoms with Gasteiger partial charge in [-0.2, -0.15) is 0 Å². The maximum absolute atomic E-state index is 5.72. The van der Waals surface area contributed by atoms with Crippen LogP contribution in [0, 0.1) is 0 Å². The van der Waals surface area contributed by atoms with E-state index in [9.17, 15) is 0 Å². The normalized spacial score (nSPS) is 12.5. The molecule has 0 saturated carbocycles. The van der Waals surface area contributed by atoms with Gasteiger partial charge in [0.1, 0.15) is 0 Å². The molecule has 0 spiro atoms. The van der Waals surface area contributed by atoms with Crippen LogP contribution in [0.1, 0.15) is 12.6 Å². The summed E-state index contributed by atoms with van der Waals surface area (Å²) in [5.41, 5.74) is 12.6. The maximum atomic E-state index is 5.72. The van der Waals surface area contributed by atoms with Crippen molar-refractivity contribution < 1.29 is 9.47 Å². The second kappa shape index (κ2) is 5.53. The van der Waals surface area contributed by atoms with Gasteiger partial charge in [-0.15, -0.1) is 0 Å². The third-order valence-electron chi connectivity index (χ3n) is 1.80. The zero-order valence-electron chi connectivity index (χ0n) is 9.06. The molecule has 0 aromatic carbocycles. The van der Waals surface area contributed by atoms with Gasteiger partial charge in [0.25, 0.3) is 0 Å². The van der Waals surface area contributed by atoms with Crippen LogP contribution < -0.4 is 16.2 Å². The Kier molecular flexibility index (Phi) is 4.33. The summed E-state index contributed by atoms with van der Waals surface area (Å²) in [6.45, 7) is 2.80. The molecule has 0 unspecified atom stereocenters. The van der Waals surface area contributed by atoms with Crippen molar-refractivity contribution in [3.63, 3.8) is 0 Å². The number of nitrogens with zero attached hydrogens (tertiary/aromatic N) is 1. The van der Waals surface area contributed by atoms with Crippen molar-refractivity contribution in [2.24, 2.45) is 5.73 Å². The van der Waals surface area contributed by atoms with Gasteiger partial charge in [-0.1, -0.05) is 0 Å². The molecule has 0 radical (unpaired) electrons. The fraction of sp³-hybridized carbons (Fsp3) is 0.500. The van der Waals surface area contributed by atoms with Crippen LogP contribution >= 0.6 is 0 Å². The van der Waals surface area contributed by atoms with E-state index in [-0.39, 0.29) is 6.04 Å². The number of pyridine rings is 1. The first-order valence-corrected chi connectivity index (χ1v) is 4.75. The zero-order chi connectivity index (χ0) is 11.3. The fourth-order valence-electron chi connectivity index (χ4n) is 1.10. The molecular weight excluding hydrogens is 194 g/mol. The smallest absolute Gasteiger partial charge is 0.160 e. The summed E-state index contributed by atoms with van der Waals surface area (Å²) in [6.07, 6.45) is 1.58. The van der Waals surface area contributed by atoms with Gasteiger partial charge in [0.2, 0.25) is 0 Å². The lowest BCUT2D eigenvalue weighted by molar-refractivity contribution is 0.109. The molecule has 0 aliphatic heterocycles. The van der Waals surface area contributed by atoms with Gasteiger partial charge >= 0.3 is 0 Å². The van der Waals surface area contributed by atoms with Crippen LogP contribution in [0.15, 0.2) is 12.3 Å². The first-order valence-electron chi connectivity index (χ1n) is 4.75. The standard InChI is InChI=1S/C10H17N3O2/c1-7(11)5-15-6-8-3-9(12)10(14-2)4-13-8/h3-4,7H,5-6,11H2,1-2H3,(H2,12,13)/t7-/m1/s1. The lowest BCUT2D eigenvalue weighted by Gasteiger charge is -2.08. The maximum Gasteiger partial charge on any atom is 0.160 e. The van der Waals surface area contributed by atoms with Gasteiger partial charge in [-0.25, -0.2) is 0 Å². The van der Waals surface area contributed by atoms with Crippen molar-refractivity contribution in [1.29, 1.82) is 0 Å². The second-order valence-corrected chi connectivity index (χ2v) is 3.41. The van der Waals surface area contributed by atoms with E-state index in [1.807, 2.05) is 6.92 Å². The summed E-state index contributed by atoms with van der Waals surface area (Å²) in [5, 5.41) is 0. The van der Waals surface area contributed by atoms with Gasteiger partial charge in [-0.3, -0.25) is 4.98 Å². The quantitative estimate of drug-likeness (QED) is 0.742. The summed E-state index contributed by atoms with van der Waals surface area (Å²) >= 11 is 0. The highest BCUT2D eigenvalue weighted by Gasteiger charge is 2.02. The van der Waals surface area contributed by atoms with Gasteiger partial charge < -0.3 is 20.9 Å². The van der Waals surface area contributed by atoms with Crippen molar-refractivity contribution in [2.45, 2.75) is 19.6 Å². The predicted octanol–water partition coefficient (Wildman–Crippen LogP) is 0.536. The van der Waals surface area contributed by atoms with E-state index in [4.69, 9.17) is 20.9 Å². The van der Waals surface area contributed by atoms with E-state index in [1.54, 1.807) is 19.4 Å². The average molecular weight is 211 g/mol. The Morgan fingerprint density at radius 1 is 1.53 bits per heavy atom. The van der Waals surface area contributed by atoms with Crippen LogP contribution in [-0.2, 0) is 11.3 Å². The van der Waals surface area contributed by atoms with Gasteiger partial charge in [0.15, 0.2) is 5.75 Å². The molecule has 4 N–H and O–H groups in total. The molecule has 0 aliphatic carbocycles. The number of rotatable bonds is 5. The molecule has 0 fully saturated rings. The highest BCUT2D eigenvalue weighted by Crippen LogP contribution is 2.19. The number of anilines is 1. The Balaban J connectivity index is 2.52. The SMILES string of the molecule is COc1cnc(COC[C@@H](C)N)cc1N. The van der Waals surface area contributed by atoms with E-state index < -0.39 is 0 Å². The van der Waals surface area contributed by atoms with E-state index in [2.05, 4.69) is 4.98 Å². The molecule has 1 aromatic heterocycles. The average Bonchev–Trinajstić information content (AvgIpc) is 2.17. The third-order valence-corrected chi connectivity index (χ3v) is 1.80. The minimum atomic E-state index is 0.0283. The topological polar surface area (TPSA) is 83.4 Å². The molecule has 1 rings (SSSR count). The molecule has 1 aromatic rings. The summed E-state index contributed by atoms with van der Waals surface area (Å²) in [4.78, 5) is 4.14. The molecule has 0 aliphatic rings. The third kappa shape index (κ3) is 3.73. The first kappa shape index (κ1) is 11.7. The largest absolute Gasteiger partial charge is 0.493 e. The van der Waals surface area contributed by atoms with Gasteiger partial charge in [0, 0.05) is 6.04 Å². The first-order chi connectivity index (χ1) is 7.13. The molecule has 5 nitrogen and oxygen atoms in total. The monoisotopic (exact) mass is 211 g/mol. The summed E-state index contributed by atoms with van der Waals surface area (Å²) < 4.78 is 10.3. The van der Waals surface area contributed by atoms with Crippen LogP contribution in [0.25, 0.3) is 0 Å². The number of hydrogen-bond acceptors (Lipinski definition) is 5. The molecule has 0 saturated heterocycles. The Morgan fingerprint density at radius 3 is 2.80 bits per heavy atom. The van der Waals surface area contributed by atoms with Crippen molar-refractivity contribution in [2.75, 3.05) is 19.5 Å². The molecule has 84 valence electrons. The van der Waals surface area contributed by atoms with E-state index in [0.717, 1.165) is 5.69 Å². The number of methoxy groups -OCH3 is 1. The molecule has 1 atom stereocenters. The van der Waals surface area contributed by atoms with Crippen molar-refractivity contribution in [1.82, 2.24) is 4.98 Å². The van der Waals surface area contributed by atoms with Crippen molar-refractivity contribution >= 4 is 5.69 Å². The lowest BCUT2D eigenvalue weighted by Crippen LogP contribution is -2.21. The van der Waals surface area contributed by atoms with E-state index in [0.29, 0.717) is 24.7 Å². The molecule has 1 heterocycles. The zero-order valence-corrected chi connectivity index (χ0v) is 9.06. The molecular formula is C10H17N3O2. The summed E-state index contributed by atoms with van der Waals surface area (Å²) in [6, 6.07) is 1.76. The second-order valence-electron chi connectivity index (χ2n) is 3.41. The molecule has 5 heteroatoms. The van der Waals surface area contributed by atoms with Crippen molar-refractivity contribution in [3.8, 4) is 5.75 Å².